The van der Waals surface area contributed by atoms with Crippen LogP contribution in [-0.2, 0) is 24.9 Å². The number of H-pyrrole nitrogens is 1. The van der Waals surface area contributed by atoms with Crippen molar-refractivity contribution in [3.05, 3.63) is 26.7 Å². The number of imidazole rings is 1. The first-order valence-electron chi connectivity index (χ1n) is 10.9. The number of fused-ring (bicyclic) bond motifs is 1. The molecule has 0 aromatic carbocycles. The number of unbranched alkanes of at least 4 members (excludes halogenated alkanes) is 1. The Labute approximate surface area is 174 Å². The fraction of sp³-hybridized carbons (Fsp3) is 0.700. The normalized spacial score (nSPS) is 18.2. The van der Waals surface area contributed by atoms with Crippen molar-refractivity contribution in [3.63, 3.8) is 0 Å². The van der Waals surface area contributed by atoms with Crippen LogP contribution in [0.3, 0.4) is 0 Å². The second-order valence-electron chi connectivity index (χ2n) is 8.42. The van der Waals surface area contributed by atoms with Crippen LogP contribution in [0.1, 0.15) is 38.4 Å². The Balaban J connectivity index is 1.43. The summed E-state index contributed by atoms with van der Waals surface area (Å²) in [4.78, 5) is 48.2. The lowest BCUT2D eigenvalue weighted by Gasteiger charge is -2.34. The Hall–Kier alpha value is -2.46. The molecule has 2 fully saturated rings. The van der Waals surface area contributed by atoms with Crippen LogP contribution in [0.5, 0.6) is 0 Å². The highest BCUT2D eigenvalue weighted by molar-refractivity contribution is 5.78. The predicted molar refractivity (Wildman–Crippen MR) is 113 cm³/mol. The predicted octanol–water partition coefficient (Wildman–Crippen LogP) is -0.380. The summed E-state index contributed by atoms with van der Waals surface area (Å²) in [5.74, 6) is 0.886. The molecule has 0 atom stereocenters. The molecule has 0 radical (unpaired) electrons. The van der Waals surface area contributed by atoms with Crippen LogP contribution in [0, 0.1) is 0 Å². The van der Waals surface area contributed by atoms with Crippen LogP contribution in [0.2, 0.25) is 0 Å². The lowest BCUT2D eigenvalue weighted by atomic mass is 10.3. The first-order valence-corrected chi connectivity index (χ1v) is 10.9. The Bertz CT molecular complexity index is 1030. The zero-order valence-corrected chi connectivity index (χ0v) is 17.8. The topological polar surface area (TPSA) is 108 Å². The third-order valence-corrected chi connectivity index (χ3v) is 5.98. The number of carbonyl (C=O) groups is 1. The molecule has 2 aromatic rings. The van der Waals surface area contributed by atoms with Crippen LogP contribution in [0.15, 0.2) is 9.59 Å². The van der Waals surface area contributed by atoms with E-state index < -0.39 is 11.2 Å². The van der Waals surface area contributed by atoms with Gasteiger partial charge in [-0.25, -0.2) is 9.78 Å². The van der Waals surface area contributed by atoms with Gasteiger partial charge in [0.2, 0.25) is 5.91 Å². The van der Waals surface area contributed by atoms with Gasteiger partial charge in [-0.2, -0.15) is 0 Å². The first-order chi connectivity index (χ1) is 14.5. The number of amides is 1. The van der Waals surface area contributed by atoms with Gasteiger partial charge >= 0.3 is 5.69 Å². The maximum absolute atomic E-state index is 12.4. The number of aryl methyl sites for hydroxylation is 2. The van der Waals surface area contributed by atoms with Crippen molar-refractivity contribution in [2.24, 2.45) is 7.05 Å². The van der Waals surface area contributed by atoms with Crippen LogP contribution >= 0.6 is 0 Å². The van der Waals surface area contributed by atoms with Crippen LogP contribution < -0.4 is 16.6 Å². The largest absolute Gasteiger partial charge is 0.352 e. The Morgan fingerprint density at radius 2 is 1.87 bits per heavy atom. The fourth-order valence-corrected chi connectivity index (χ4v) is 3.97. The molecule has 3 heterocycles. The van der Waals surface area contributed by atoms with Crippen molar-refractivity contribution in [2.45, 2.75) is 51.7 Å². The molecule has 164 valence electrons. The van der Waals surface area contributed by atoms with Crippen molar-refractivity contribution in [2.75, 3.05) is 32.7 Å². The van der Waals surface area contributed by atoms with Gasteiger partial charge in [-0.3, -0.25) is 28.9 Å². The molecule has 1 aliphatic carbocycles. The van der Waals surface area contributed by atoms with E-state index in [4.69, 9.17) is 0 Å². The lowest BCUT2D eigenvalue weighted by molar-refractivity contribution is -0.122. The average molecular weight is 418 g/mol. The molecule has 2 aromatic heterocycles. The van der Waals surface area contributed by atoms with Gasteiger partial charge < -0.3 is 9.88 Å². The zero-order valence-electron chi connectivity index (χ0n) is 17.8. The van der Waals surface area contributed by atoms with Gasteiger partial charge in [0.05, 0.1) is 13.1 Å². The summed E-state index contributed by atoms with van der Waals surface area (Å²) in [7, 11) is 1.83. The highest BCUT2D eigenvalue weighted by Crippen LogP contribution is 2.18. The van der Waals surface area contributed by atoms with E-state index in [1.165, 1.54) is 0 Å². The Morgan fingerprint density at radius 1 is 1.17 bits per heavy atom. The molecule has 4 rings (SSSR count). The summed E-state index contributed by atoms with van der Waals surface area (Å²) in [6.07, 6.45) is 4.01. The number of hydrogen-bond acceptors (Lipinski definition) is 6. The van der Waals surface area contributed by atoms with E-state index in [1.807, 2.05) is 7.05 Å². The molecule has 2 aliphatic rings. The van der Waals surface area contributed by atoms with Gasteiger partial charge in [-0.15, -0.1) is 0 Å². The van der Waals surface area contributed by atoms with E-state index in [-0.39, 0.29) is 5.91 Å². The van der Waals surface area contributed by atoms with Crippen molar-refractivity contribution >= 4 is 17.1 Å². The van der Waals surface area contributed by atoms with Crippen LogP contribution in [-0.4, -0.2) is 73.6 Å². The number of nitrogens with one attached hydrogen (secondary N) is 2. The average Bonchev–Trinajstić information content (AvgIpc) is 3.45. The number of aromatic amines is 1. The molecule has 1 aliphatic heterocycles. The van der Waals surface area contributed by atoms with Crippen molar-refractivity contribution in [1.82, 2.24) is 34.2 Å². The van der Waals surface area contributed by atoms with Crippen molar-refractivity contribution < 1.29 is 4.79 Å². The molecule has 1 saturated carbocycles. The lowest BCUT2D eigenvalue weighted by Crippen LogP contribution is -2.49. The van der Waals surface area contributed by atoms with E-state index in [1.54, 1.807) is 9.13 Å². The molecular formula is C20H31N7O3. The molecule has 1 saturated heterocycles. The SMILES string of the molecule is CCCCn1c(=O)[nH]c(=O)c2c1nc(CN1CCN(CC(=O)NC3CC3)CC1)n2C. The third-order valence-electron chi connectivity index (χ3n) is 5.98. The van der Waals surface area contributed by atoms with E-state index in [0.717, 1.165) is 57.7 Å². The van der Waals surface area contributed by atoms with E-state index in [9.17, 15) is 14.4 Å². The van der Waals surface area contributed by atoms with Gasteiger partial charge in [0, 0.05) is 45.8 Å². The minimum absolute atomic E-state index is 0.116. The second-order valence-corrected chi connectivity index (χ2v) is 8.42. The molecule has 0 spiro atoms. The summed E-state index contributed by atoms with van der Waals surface area (Å²) in [5.41, 5.74) is 0.111. The maximum Gasteiger partial charge on any atom is 0.330 e. The number of nitrogens with zero attached hydrogens (tertiary/aromatic N) is 5. The van der Waals surface area contributed by atoms with E-state index in [0.29, 0.717) is 36.8 Å². The van der Waals surface area contributed by atoms with Crippen molar-refractivity contribution in [1.29, 1.82) is 0 Å². The smallest absolute Gasteiger partial charge is 0.330 e. The van der Waals surface area contributed by atoms with Gasteiger partial charge in [-0.1, -0.05) is 13.3 Å². The minimum Gasteiger partial charge on any atom is -0.352 e. The summed E-state index contributed by atoms with van der Waals surface area (Å²) >= 11 is 0. The third kappa shape index (κ3) is 4.49. The van der Waals surface area contributed by atoms with E-state index >= 15 is 0 Å². The van der Waals surface area contributed by atoms with Gasteiger partial charge in [0.25, 0.3) is 5.56 Å². The number of hydrogen-bond donors (Lipinski definition) is 2. The van der Waals surface area contributed by atoms with Crippen LogP contribution in [0.4, 0.5) is 0 Å². The standard InChI is InChI=1S/C20H31N7O3/c1-3-4-7-27-18-17(19(29)23-20(27)30)24(2)15(22-18)12-25-8-10-26(11-9-25)13-16(28)21-14-5-6-14/h14H,3-13H2,1-2H3,(H,21,28)(H,23,29,30). The molecular weight excluding hydrogens is 386 g/mol. The summed E-state index contributed by atoms with van der Waals surface area (Å²) < 4.78 is 3.37. The Morgan fingerprint density at radius 3 is 2.53 bits per heavy atom. The fourth-order valence-electron chi connectivity index (χ4n) is 3.97. The Kier molecular flexibility index (Phi) is 6.05. The molecule has 0 bridgehead atoms. The summed E-state index contributed by atoms with van der Waals surface area (Å²) in [5, 5.41) is 3.04. The van der Waals surface area contributed by atoms with Gasteiger partial charge in [0.1, 0.15) is 5.82 Å². The van der Waals surface area contributed by atoms with Crippen molar-refractivity contribution in [3.8, 4) is 0 Å². The highest BCUT2D eigenvalue weighted by Gasteiger charge is 2.26. The second kappa shape index (κ2) is 8.73. The molecule has 2 N–H and O–H groups in total. The number of piperazine rings is 1. The molecule has 1 amide bonds. The molecule has 0 unspecified atom stereocenters. The number of aromatic nitrogens is 4. The molecule has 10 heteroatoms. The quantitative estimate of drug-likeness (QED) is 0.606. The zero-order chi connectivity index (χ0) is 21.3. The molecule has 10 nitrogen and oxygen atoms in total. The minimum atomic E-state index is -0.399. The summed E-state index contributed by atoms with van der Waals surface area (Å²) in [6, 6.07) is 0.397. The first kappa shape index (κ1) is 20.8. The summed E-state index contributed by atoms with van der Waals surface area (Å²) in [6.45, 7) is 6.98. The maximum atomic E-state index is 12.4. The highest BCUT2D eigenvalue weighted by atomic mass is 16.2. The van der Waals surface area contributed by atoms with Gasteiger partial charge in [-0.05, 0) is 19.3 Å². The van der Waals surface area contributed by atoms with Crippen LogP contribution in [0.25, 0.3) is 11.2 Å². The number of carbonyl (C=O) groups excluding carboxylic acids is 1. The number of rotatable bonds is 8. The monoisotopic (exact) mass is 417 g/mol. The molecule has 30 heavy (non-hydrogen) atoms. The van der Waals surface area contributed by atoms with E-state index in [2.05, 4.69) is 32.0 Å². The van der Waals surface area contributed by atoms with Gasteiger partial charge in [0.15, 0.2) is 11.2 Å².